The molecule has 1 saturated carbocycles. The second-order valence-electron chi connectivity index (χ2n) is 7.30. The van der Waals surface area contributed by atoms with Gasteiger partial charge < -0.3 is 4.90 Å². The zero-order valence-corrected chi connectivity index (χ0v) is 16.3. The van der Waals surface area contributed by atoms with Crippen molar-refractivity contribution in [2.45, 2.75) is 43.0 Å². The fraction of sp³-hybridized carbons (Fsp3) is 0.632. The first-order valence-electron chi connectivity index (χ1n) is 9.52. The highest BCUT2D eigenvalue weighted by molar-refractivity contribution is 7.89. The van der Waals surface area contributed by atoms with Gasteiger partial charge in [-0.1, -0.05) is 37.5 Å². The maximum absolute atomic E-state index is 12.7. The standard InChI is InChI=1S/C19H29N3O3S/c1-20(17-8-4-2-5-9-17)16-19(23)21-12-14-22(15-13-21)26(24,25)18-10-6-3-7-11-18/h3,6-7,10-11,17H,2,4-5,8-9,12-16H2,1H3. The minimum absolute atomic E-state index is 0.106. The Morgan fingerprint density at radius 1 is 1.04 bits per heavy atom. The van der Waals surface area contributed by atoms with Gasteiger partial charge in [-0.05, 0) is 32.0 Å². The summed E-state index contributed by atoms with van der Waals surface area (Å²) in [6.45, 7) is 2.06. The van der Waals surface area contributed by atoms with Crippen molar-refractivity contribution in [2.24, 2.45) is 0 Å². The zero-order valence-electron chi connectivity index (χ0n) is 15.5. The lowest BCUT2D eigenvalue weighted by Crippen LogP contribution is -2.53. The van der Waals surface area contributed by atoms with Crippen LogP contribution in [0.4, 0.5) is 0 Å². The maximum atomic E-state index is 12.7. The van der Waals surface area contributed by atoms with Gasteiger partial charge in [0.05, 0.1) is 11.4 Å². The number of piperazine rings is 1. The van der Waals surface area contributed by atoms with E-state index in [1.54, 1.807) is 35.2 Å². The number of rotatable bonds is 5. The third kappa shape index (κ3) is 4.45. The Morgan fingerprint density at radius 3 is 2.27 bits per heavy atom. The van der Waals surface area contributed by atoms with Crippen molar-refractivity contribution in [3.63, 3.8) is 0 Å². The van der Waals surface area contributed by atoms with Gasteiger partial charge in [-0.15, -0.1) is 0 Å². The van der Waals surface area contributed by atoms with Crippen LogP contribution in [0.15, 0.2) is 35.2 Å². The predicted molar refractivity (Wildman–Crippen MR) is 101 cm³/mol. The summed E-state index contributed by atoms with van der Waals surface area (Å²) in [5.41, 5.74) is 0. The van der Waals surface area contributed by atoms with E-state index in [9.17, 15) is 13.2 Å². The fourth-order valence-corrected chi connectivity index (χ4v) is 5.33. The first kappa shape index (κ1) is 19.3. The van der Waals surface area contributed by atoms with Crippen LogP contribution in [0.25, 0.3) is 0 Å². The van der Waals surface area contributed by atoms with E-state index in [4.69, 9.17) is 0 Å². The van der Waals surface area contributed by atoms with Crippen LogP contribution in [-0.2, 0) is 14.8 Å². The van der Waals surface area contributed by atoms with E-state index >= 15 is 0 Å². The van der Waals surface area contributed by atoms with E-state index in [0.717, 1.165) is 0 Å². The molecule has 0 N–H and O–H groups in total. The van der Waals surface area contributed by atoms with Crippen LogP contribution in [0.2, 0.25) is 0 Å². The first-order chi connectivity index (χ1) is 12.5. The van der Waals surface area contributed by atoms with Crippen LogP contribution in [0.3, 0.4) is 0 Å². The summed E-state index contributed by atoms with van der Waals surface area (Å²) in [7, 11) is -1.43. The summed E-state index contributed by atoms with van der Waals surface area (Å²) in [4.78, 5) is 16.9. The molecule has 1 aliphatic carbocycles. The number of hydrogen-bond acceptors (Lipinski definition) is 4. The van der Waals surface area contributed by atoms with Crippen molar-refractivity contribution in [2.75, 3.05) is 39.8 Å². The van der Waals surface area contributed by atoms with Crippen molar-refractivity contribution in [3.05, 3.63) is 30.3 Å². The maximum Gasteiger partial charge on any atom is 0.243 e. The fourth-order valence-electron chi connectivity index (χ4n) is 3.88. The molecule has 0 bridgehead atoms. The second-order valence-corrected chi connectivity index (χ2v) is 9.24. The number of benzene rings is 1. The van der Waals surface area contributed by atoms with E-state index < -0.39 is 10.0 Å². The molecule has 0 unspecified atom stereocenters. The monoisotopic (exact) mass is 379 g/mol. The molecular weight excluding hydrogens is 350 g/mol. The molecule has 1 saturated heterocycles. The van der Waals surface area contributed by atoms with Crippen LogP contribution >= 0.6 is 0 Å². The third-order valence-electron chi connectivity index (χ3n) is 5.56. The topological polar surface area (TPSA) is 60.9 Å². The van der Waals surface area contributed by atoms with E-state index in [1.165, 1.54) is 36.4 Å². The molecule has 7 heteroatoms. The minimum atomic E-state index is -3.47. The summed E-state index contributed by atoms with van der Waals surface area (Å²) in [6, 6.07) is 9.00. The minimum Gasteiger partial charge on any atom is -0.339 e. The number of hydrogen-bond donors (Lipinski definition) is 0. The number of carbonyl (C=O) groups excluding carboxylic acids is 1. The van der Waals surface area contributed by atoms with Crippen LogP contribution in [0.5, 0.6) is 0 Å². The van der Waals surface area contributed by atoms with Crippen molar-refractivity contribution in [1.29, 1.82) is 0 Å². The molecule has 0 spiro atoms. The van der Waals surface area contributed by atoms with Gasteiger partial charge in [0.1, 0.15) is 0 Å². The smallest absolute Gasteiger partial charge is 0.243 e. The van der Waals surface area contributed by atoms with Gasteiger partial charge in [0, 0.05) is 32.2 Å². The van der Waals surface area contributed by atoms with Crippen LogP contribution in [-0.4, -0.2) is 74.2 Å². The third-order valence-corrected chi connectivity index (χ3v) is 7.47. The molecule has 144 valence electrons. The van der Waals surface area contributed by atoms with Gasteiger partial charge in [-0.3, -0.25) is 9.69 Å². The largest absolute Gasteiger partial charge is 0.339 e. The Labute approximate surface area is 156 Å². The summed E-state index contributed by atoms with van der Waals surface area (Å²) < 4.78 is 26.8. The van der Waals surface area contributed by atoms with E-state index in [2.05, 4.69) is 4.90 Å². The van der Waals surface area contributed by atoms with E-state index in [1.807, 2.05) is 7.05 Å². The lowest BCUT2D eigenvalue weighted by Gasteiger charge is -2.36. The van der Waals surface area contributed by atoms with Crippen LogP contribution < -0.4 is 0 Å². The Hall–Kier alpha value is -1.44. The first-order valence-corrected chi connectivity index (χ1v) is 11.0. The number of amides is 1. The highest BCUT2D eigenvalue weighted by atomic mass is 32.2. The van der Waals surface area contributed by atoms with Gasteiger partial charge in [-0.2, -0.15) is 4.31 Å². The lowest BCUT2D eigenvalue weighted by atomic mass is 9.94. The van der Waals surface area contributed by atoms with Crippen LogP contribution in [0, 0.1) is 0 Å². The summed E-state index contributed by atoms with van der Waals surface area (Å²) in [6.07, 6.45) is 6.15. The average Bonchev–Trinajstić information content (AvgIpc) is 2.69. The molecule has 1 aromatic carbocycles. The molecule has 6 nitrogen and oxygen atoms in total. The molecule has 2 fully saturated rings. The van der Waals surface area contributed by atoms with Crippen molar-refractivity contribution in [3.8, 4) is 0 Å². The number of sulfonamides is 1. The van der Waals surface area contributed by atoms with Gasteiger partial charge in [-0.25, -0.2) is 8.42 Å². The van der Waals surface area contributed by atoms with Gasteiger partial charge in [0.2, 0.25) is 15.9 Å². The molecule has 26 heavy (non-hydrogen) atoms. The molecule has 1 amide bonds. The molecule has 1 aromatic rings. The summed E-state index contributed by atoms with van der Waals surface area (Å²) >= 11 is 0. The molecule has 1 heterocycles. The predicted octanol–water partition coefficient (Wildman–Crippen LogP) is 1.78. The molecule has 0 radical (unpaired) electrons. The van der Waals surface area contributed by atoms with Crippen LogP contribution in [0.1, 0.15) is 32.1 Å². The van der Waals surface area contributed by atoms with Crippen molar-refractivity contribution >= 4 is 15.9 Å². The molecule has 0 aromatic heterocycles. The Morgan fingerprint density at radius 2 is 1.65 bits per heavy atom. The van der Waals surface area contributed by atoms with Gasteiger partial charge in [0.15, 0.2) is 0 Å². The van der Waals surface area contributed by atoms with Crippen molar-refractivity contribution < 1.29 is 13.2 Å². The highest BCUT2D eigenvalue weighted by Gasteiger charge is 2.30. The van der Waals surface area contributed by atoms with E-state index in [-0.39, 0.29) is 5.91 Å². The molecule has 2 aliphatic rings. The van der Waals surface area contributed by atoms with E-state index in [0.29, 0.717) is 43.7 Å². The molecule has 0 atom stereocenters. The highest BCUT2D eigenvalue weighted by Crippen LogP contribution is 2.22. The lowest BCUT2D eigenvalue weighted by molar-refractivity contribution is -0.133. The summed E-state index contributed by atoms with van der Waals surface area (Å²) in [5.74, 6) is 0.106. The molecule has 3 rings (SSSR count). The number of nitrogens with zero attached hydrogens (tertiary/aromatic N) is 3. The number of likely N-dealkylation sites (N-methyl/N-ethyl adjacent to an activating group) is 1. The second kappa shape index (κ2) is 8.50. The number of carbonyl (C=O) groups is 1. The van der Waals surface area contributed by atoms with Gasteiger partial charge in [0.25, 0.3) is 0 Å². The molecular formula is C19H29N3O3S. The Balaban J connectivity index is 1.52. The summed E-state index contributed by atoms with van der Waals surface area (Å²) in [5, 5.41) is 0. The quantitative estimate of drug-likeness (QED) is 0.782. The zero-order chi connectivity index (χ0) is 18.6. The van der Waals surface area contributed by atoms with Gasteiger partial charge >= 0.3 is 0 Å². The Bertz CT molecular complexity index is 694. The normalized spacial score (nSPS) is 20.5. The molecule has 1 aliphatic heterocycles. The van der Waals surface area contributed by atoms with Crippen molar-refractivity contribution in [1.82, 2.24) is 14.1 Å². The SMILES string of the molecule is CN(CC(=O)N1CCN(S(=O)(=O)c2ccccc2)CC1)C1CCCCC1. The average molecular weight is 380 g/mol. The Kier molecular flexibility index (Phi) is 6.32.